The number of rotatable bonds is 11. The molecule has 0 bridgehead atoms. The minimum Gasteiger partial charge on any atom is -0.509 e. The predicted octanol–water partition coefficient (Wildman–Crippen LogP) is 16.9. The van der Waals surface area contributed by atoms with Crippen molar-refractivity contribution in [3.05, 3.63) is 301 Å². The van der Waals surface area contributed by atoms with Gasteiger partial charge in [0.05, 0.1) is 12.3 Å². The van der Waals surface area contributed by atoms with Crippen LogP contribution in [-0.2, 0) is 38.4 Å². The molecular formula is C72H59B2N6OPt-3. The molecule has 82 heavy (non-hydrogen) atoms. The van der Waals surface area contributed by atoms with Gasteiger partial charge in [0.15, 0.2) is 0 Å². The summed E-state index contributed by atoms with van der Waals surface area (Å²) >= 11 is 0. The Bertz CT molecular complexity index is 4890. The Balaban J connectivity index is 0.00000849. The van der Waals surface area contributed by atoms with Crippen molar-refractivity contribution in [3.63, 3.8) is 0 Å². The number of aromatic nitrogens is 2. The topological polar surface area (TPSA) is 40.0 Å². The number of benzene rings is 7. The van der Waals surface area contributed by atoms with E-state index in [1.54, 1.807) is 30.3 Å². The zero-order chi connectivity index (χ0) is 67.7. The molecule has 5 aliphatic rings. The number of hydrogen-bond acceptors (Lipinski definition) is 6. The van der Waals surface area contributed by atoms with Crippen LogP contribution in [-0.4, -0.2) is 32.9 Å². The normalized spacial score (nSPS) is 18.2. The van der Waals surface area contributed by atoms with Crippen LogP contribution in [0, 0.1) is 18.8 Å². The van der Waals surface area contributed by atoms with E-state index in [0.717, 1.165) is 44.6 Å². The number of ether oxygens (including phenoxy) is 1. The molecule has 2 aromatic heterocycles. The van der Waals surface area contributed by atoms with Crippen LogP contribution in [0.4, 0.5) is 17.1 Å². The molecule has 10 heteroatoms. The van der Waals surface area contributed by atoms with Crippen molar-refractivity contribution in [2.24, 2.45) is 0 Å². The molecule has 0 N–H and O–H groups in total. The number of hydrogen-bond donors (Lipinski definition) is 0. The van der Waals surface area contributed by atoms with Gasteiger partial charge in [0.25, 0.3) is 0 Å². The quantitative estimate of drug-likeness (QED) is 0.0949. The van der Waals surface area contributed by atoms with Crippen molar-refractivity contribution in [2.45, 2.75) is 51.8 Å². The van der Waals surface area contributed by atoms with Gasteiger partial charge in [-0.3, -0.25) is 0 Å². The third-order valence-corrected chi connectivity index (χ3v) is 15.4. The minimum atomic E-state index is -3.18. The molecule has 14 rings (SSSR count). The van der Waals surface area contributed by atoms with Crippen LogP contribution >= 0.6 is 0 Å². The second kappa shape index (κ2) is 21.3. The molecule has 0 atom stereocenters. The number of fused-ring (bicyclic) bond motifs is 6. The van der Waals surface area contributed by atoms with Crippen molar-refractivity contribution in [1.29, 1.82) is 0 Å². The first-order chi connectivity index (χ1) is 45.8. The zero-order valence-corrected chi connectivity index (χ0v) is 47.1. The summed E-state index contributed by atoms with van der Waals surface area (Å²) in [5, 5.41) is 0.328. The van der Waals surface area contributed by atoms with Gasteiger partial charge in [0.1, 0.15) is 5.82 Å². The van der Waals surface area contributed by atoms with E-state index >= 15 is 0 Å². The van der Waals surface area contributed by atoms with Gasteiger partial charge in [0.2, 0.25) is 0 Å². The Hall–Kier alpha value is -8.77. The van der Waals surface area contributed by atoms with Crippen molar-refractivity contribution >= 4 is 63.5 Å². The van der Waals surface area contributed by atoms with E-state index < -0.39 is 73.5 Å². The summed E-state index contributed by atoms with van der Waals surface area (Å²) in [6.45, 7) is 2.46. The molecule has 7 aromatic carbocycles. The second-order valence-electron chi connectivity index (χ2n) is 21.4. The van der Waals surface area contributed by atoms with Gasteiger partial charge < -0.3 is 28.7 Å². The number of allylic oxidation sites excluding steroid dienone is 8. The molecule has 7 heterocycles. The van der Waals surface area contributed by atoms with E-state index in [0.29, 0.717) is 12.2 Å². The van der Waals surface area contributed by atoms with E-state index in [4.69, 9.17) is 19.8 Å². The largest absolute Gasteiger partial charge is 0.509 e. The standard InChI is InChI=1S/C72H59B2N6O.Pt/c1-71(2,3)55-44-61(64-27-20-40-77-38-18-16-35-73(64)77)63(62(45-55)65-28-21-41-78-39-19-17-36-74(65)78)49-76-50-79(68-31-15-14-30-67(68)76)56-42-52(51-22-8-6-9-23-51)43-58(47-56)81-57-32-33-60-59-26-12-13-29-66(59)80(69(60)48-57)70-46-54(34-37-75-70)72(4,5)53-24-10-7-11-25-53;/h6-46,50H,49H2,1-5H3;/q-3;/i4D3,5D3,6D,8D,9D,12D,13D,22D,23D,26D,29D;. The smallest absolute Gasteiger partial charge is 0.320 e. The summed E-state index contributed by atoms with van der Waals surface area (Å²) in [5.41, 5.74) is 5.55. The fourth-order valence-corrected chi connectivity index (χ4v) is 11.4. The van der Waals surface area contributed by atoms with E-state index in [9.17, 15) is 5.48 Å². The van der Waals surface area contributed by atoms with Crippen LogP contribution < -0.4 is 14.5 Å². The minimum absolute atomic E-state index is 0. The summed E-state index contributed by atoms with van der Waals surface area (Å²) in [6, 6.07) is 31.3. The van der Waals surface area contributed by atoms with Crippen molar-refractivity contribution < 1.29 is 46.4 Å². The van der Waals surface area contributed by atoms with Crippen LogP contribution in [0.15, 0.2) is 249 Å². The molecule has 9 aromatic rings. The van der Waals surface area contributed by atoms with Crippen LogP contribution in [0.5, 0.6) is 11.5 Å². The molecule has 0 fully saturated rings. The van der Waals surface area contributed by atoms with Crippen LogP contribution in [0.3, 0.4) is 0 Å². The van der Waals surface area contributed by atoms with Gasteiger partial charge in [-0.05, 0) is 140 Å². The molecule has 0 amide bonds. The molecule has 0 radical (unpaired) electrons. The second-order valence-corrected chi connectivity index (χ2v) is 21.4. The molecule has 5 aliphatic heterocycles. The summed E-state index contributed by atoms with van der Waals surface area (Å²) in [5.74, 6) is 4.31. The SMILES string of the molecule is [2H]c1c([2H])c([2H])c(-c2cc(Oc3[c-]c4c(cc3)c3c([2H])c([2H])c([2H])c([2H])c3n4-c3cc(C(c4ccccc4)(C([2H])([2H])[2H])C([2H])([2H])[2H])ccn3)[c-]c(N3[CH-]N(Cc4c(C5=CC=CN6C=CC=CB56)cc(C(C)(C)C)cc4C4=CC=CN5C=CC=CB45)c4ccccc43)c2)c([2H])c1[2H].[Pt]. The maximum absolute atomic E-state index is 9.35. The first kappa shape index (κ1) is 38.0. The van der Waals surface area contributed by atoms with Crippen LogP contribution in [0.2, 0.25) is 0 Å². The Labute approximate surface area is 518 Å². The van der Waals surface area contributed by atoms with Gasteiger partial charge in [-0.25, -0.2) is 4.98 Å². The first-order valence-corrected chi connectivity index (χ1v) is 26.8. The summed E-state index contributed by atoms with van der Waals surface area (Å²) < 4.78 is 143. The molecule has 7 nitrogen and oxygen atoms in total. The maximum atomic E-state index is 9.35. The molecule has 0 unspecified atom stereocenters. The molecule has 0 aliphatic carbocycles. The summed E-state index contributed by atoms with van der Waals surface area (Å²) in [4.78, 5) is 13.1. The van der Waals surface area contributed by atoms with Crippen molar-refractivity contribution in [3.8, 4) is 28.4 Å². The Kier molecular flexibility index (Phi) is 9.87. The van der Waals surface area contributed by atoms with Crippen molar-refractivity contribution in [2.75, 3.05) is 9.80 Å². The van der Waals surface area contributed by atoms with Crippen molar-refractivity contribution in [1.82, 2.24) is 19.2 Å². The Morgan fingerprint density at radius 1 is 0.622 bits per heavy atom. The average molecular weight is 1260 g/mol. The third-order valence-electron chi connectivity index (χ3n) is 15.4. The van der Waals surface area contributed by atoms with Crippen LogP contribution in [0.25, 0.3) is 49.7 Å². The molecule has 0 spiro atoms. The third kappa shape index (κ3) is 9.51. The van der Waals surface area contributed by atoms with E-state index in [-0.39, 0.29) is 102 Å². The van der Waals surface area contributed by atoms with Gasteiger partial charge >= 0.3 is 13.7 Å². The predicted molar refractivity (Wildman–Crippen MR) is 337 cm³/mol. The first-order valence-electron chi connectivity index (χ1n) is 34.3. The average Bonchev–Trinajstić information content (AvgIpc) is 1.51. The molecular weight excluding hydrogens is 1180 g/mol. The van der Waals surface area contributed by atoms with Crippen LogP contribution in [0.1, 0.15) is 88.4 Å². The molecule has 0 saturated carbocycles. The molecule has 402 valence electrons. The number of pyridine rings is 1. The maximum Gasteiger partial charge on any atom is 0.320 e. The summed E-state index contributed by atoms with van der Waals surface area (Å²) in [7, 11) is 0. The van der Waals surface area contributed by atoms with E-state index in [1.165, 1.54) is 47.2 Å². The number of nitrogens with zero attached hydrogens (tertiary/aromatic N) is 6. The van der Waals surface area contributed by atoms with Gasteiger partial charge in [-0.2, -0.15) is 12.7 Å². The van der Waals surface area contributed by atoms with Gasteiger partial charge in [0, 0.05) is 75.8 Å². The van der Waals surface area contributed by atoms with Gasteiger partial charge in [-0.15, -0.1) is 47.0 Å². The van der Waals surface area contributed by atoms with E-state index in [1.807, 2.05) is 48.0 Å². The monoisotopic (exact) mass is 1260 g/mol. The number of anilines is 3. The Morgan fingerprint density at radius 3 is 2.00 bits per heavy atom. The fourth-order valence-electron chi connectivity index (χ4n) is 11.4. The zero-order valence-electron chi connectivity index (χ0n) is 59.8. The van der Waals surface area contributed by atoms with Gasteiger partial charge in [-0.1, -0.05) is 179 Å². The Morgan fingerprint density at radius 2 is 1.29 bits per heavy atom. The fraction of sp³-hybridized carbons (Fsp3) is 0.111. The number of para-hydroxylation sites is 3. The van der Waals surface area contributed by atoms with E-state index in [2.05, 4.69) is 138 Å². The molecule has 0 saturated heterocycles. The summed E-state index contributed by atoms with van der Waals surface area (Å²) in [6.07, 6.45) is 26.3.